The number of carbonyl (C=O) groups excluding carboxylic acids is 3. The Morgan fingerprint density at radius 3 is 1.58 bits per heavy atom. The van der Waals surface area contributed by atoms with Gasteiger partial charge < -0.3 is 14.2 Å². The number of aliphatic imine (C=N–C) groups is 1. The first kappa shape index (κ1) is 23.7. The lowest BCUT2D eigenvalue weighted by Crippen LogP contribution is -2.48. The number of nitrogens with one attached hydrogen (secondary N) is 1. The summed E-state index contributed by atoms with van der Waals surface area (Å²) in [7, 11) is 1.30. The number of amides is 3. The Morgan fingerprint density at radius 1 is 0.769 bits per heavy atom. The fourth-order valence-corrected chi connectivity index (χ4v) is 1.37. The van der Waals surface area contributed by atoms with Gasteiger partial charge in [0.1, 0.15) is 16.8 Å². The molecule has 0 aliphatic heterocycles. The quantitative estimate of drug-likeness (QED) is 0.394. The Morgan fingerprint density at radius 2 is 1.19 bits per heavy atom. The van der Waals surface area contributed by atoms with Gasteiger partial charge in [-0.2, -0.15) is 0 Å². The summed E-state index contributed by atoms with van der Waals surface area (Å²) >= 11 is 0. The molecule has 0 aromatic rings. The van der Waals surface area contributed by atoms with Crippen LogP contribution in [0.1, 0.15) is 62.3 Å². The smallest absolute Gasteiger partial charge is 0.437 e. The molecule has 150 valence electrons. The lowest BCUT2D eigenvalue weighted by atomic mass is 10.2. The van der Waals surface area contributed by atoms with Gasteiger partial charge in [-0.1, -0.05) is 0 Å². The average molecular weight is 373 g/mol. The van der Waals surface area contributed by atoms with Crippen LogP contribution in [0.2, 0.25) is 0 Å². The van der Waals surface area contributed by atoms with Crippen molar-refractivity contribution in [1.29, 1.82) is 0 Å². The molecule has 0 aromatic carbocycles. The van der Waals surface area contributed by atoms with Crippen LogP contribution >= 0.6 is 0 Å². The topological polar surface area (TPSA) is 107 Å². The zero-order valence-corrected chi connectivity index (χ0v) is 17.3. The molecule has 0 aromatic heterocycles. The zero-order valence-electron chi connectivity index (χ0n) is 17.3. The second-order valence-electron chi connectivity index (χ2n) is 8.58. The van der Waals surface area contributed by atoms with Gasteiger partial charge in [-0.25, -0.2) is 19.3 Å². The van der Waals surface area contributed by atoms with Crippen LogP contribution in [0, 0.1) is 0 Å². The van der Waals surface area contributed by atoms with Crippen LogP contribution < -0.4 is 5.32 Å². The van der Waals surface area contributed by atoms with Crippen LogP contribution in [-0.4, -0.2) is 53.0 Å². The van der Waals surface area contributed by atoms with Gasteiger partial charge in [0, 0.05) is 7.05 Å². The normalized spacial score (nSPS) is 12.9. The van der Waals surface area contributed by atoms with Crippen molar-refractivity contribution in [3.63, 3.8) is 0 Å². The number of guanidine groups is 1. The molecular weight excluding hydrogens is 342 g/mol. The highest BCUT2D eigenvalue weighted by Gasteiger charge is 2.27. The summed E-state index contributed by atoms with van der Waals surface area (Å²) in [4.78, 5) is 40.7. The predicted molar refractivity (Wildman–Crippen MR) is 97.0 cm³/mol. The van der Waals surface area contributed by atoms with E-state index in [2.05, 4.69) is 10.3 Å². The van der Waals surface area contributed by atoms with E-state index in [1.54, 1.807) is 62.3 Å². The highest BCUT2D eigenvalue weighted by Crippen LogP contribution is 2.12. The van der Waals surface area contributed by atoms with Crippen molar-refractivity contribution in [2.75, 3.05) is 7.05 Å². The van der Waals surface area contributed by atoms with Crippen LogP contribution in [-0.2, 0) is 14.2 Å². The SMILES string of the molecule is CN(C(=O)OC(C)(C)C)/C(=N\C(=O)OC(C)(C)C)NC(=O)OC(C)(C)C. The first-order valence-corrected chi connectivity index (χ1v) is 8.18. The van der Waals surface area contributed by atoms with E-state index in [9.17, 15) is 14.4 Å². The first-order valence-electron chi connectivity index (χ1n) is 8.18. The molecule has 0 saturated heterocycles. The fraction of sp³-hybridized carbons (Fsp3) is 0.765. The van der Waals surface area contributed by atoms with Gasteiger partial charge in [0.25, 0.3) is 0 Å². The minimum atomic E-state index is -0.973. The summed E-state index contributed by atoms with van der Waals surface area (Å²) in [6.07, 6.45) is -2.66. The minimum Gasteiger partial charge on any atom is -0.444 e. The van der Waals surface area contributed by atoms with Crippen molar-refractivity contribution in [3.05, 3.63) is 0 Å². The molecule has 0 fully saturated rings. The van der Waals surface area contributed by atoms with Crippen LogP contribution in [0.25, 0.3) is 0 Å². The highest BCUT2D eigenvalue weighted by molar-refractivity contribution is 6.04. The van der Waals surface area contributed by atoms with E-state index in [4.69, 9.17) is 14.2 Å². The average Bonchev–Trinajstić information content (AvgIpc) is 2.29. The molecule has 0 radical (unpaired) electrons. The maximum absolute atomic E-state index is 12.2. The van der Waals surface area contributed by atoms with Gasteiger partial charge in [-0.15, -0.1) is 4.99 Å². The zero-order chi connectivity index (χ0) is 20.9. The molecule has 0 aliphatic carbocycles. The van der Waals surface area contributed by atoms with Gasteiger partial charge in [-0.3, -0.25) is 5.32 Å². The standard InChI is InChI=1S/C17H31N3O6/c1-15(2,3)24-12(21)18-11(19-13(22)25-16(4,5)6)20(10)14(23)26-17(7,8)9/h1-10H3,(H,18,19,21,22). The molecule has 0 bridgehead atoms. The van der Waals surface area contributed by atoms with E-state index < -0.39 is 35.1 Å². The predicted octanol–water partition coefficient (Wildman–Crippen LogP) is 3.67. The molecule has 0 saturated carbocycles. The molecule has 0 atom stereocenters. The summed E-state index contributed by atoms with van der Waals surface area (Å²) in [6, 6.07) is 0. The van der Waals surface area contributed by atoms with Gasteiger partial charge in [0.05, 0.1) is 0 Å². The Balaban J connectivity index is 5.49. The molecule has 26 heavy (non-hydrogen) atoms. The van der Waals surface area contributed by atoms with Crippen LogP contribution in [0.5, 0.6) is 0 Å². The second-order valence-corrected chi connectivity index (χ2v) is 8.58. The van der Waals surface area contributed by atoms with E-state index in [1.807, 2.05) is 0 Å². The number of ether oxygens (including phenoxy) is 3. The maximum atomic E-state index is 12.2. The number of alkyl carbamates (subject to hydrolysis) is 1. The molecule has 1 N–H and O–H groups in total. The maximum Gasteiger partial charge on any atom is 0.437 e. The molecule has 0 aliphatic rings. The van der Waals surface area contributed by atoms with Gasteiger partial charge in [0.2, 0.25) is 5.96 Å². The van der Waals surface area contributed by atoms with Crippen molar-refractivity contribution in [2.45, 2.75) is 79.1 Å². The first-order chi connectivity index (χ1) is 11.4. The number of hydrogen-bond donors (Lipinski definition) is 1. The number of carbonyl (C=O) groups is 3. The molecule has 9 heteroatoms. The van der Waals surface area contributed by atoms with Gasteiger partial charge in [-0.05, 0) is 62.3 Å². The summed E-state index contributed by atoms with van der Waals surface area (Å²) < 4.78 is 15.4. The van der Waals surface area contributed by atoms with Crippen molar-refractivity contribution < 1.29 is 28.6 Å². The molecule has 3 amide bonds. The number of rotatable bonds is 0. The van der Waals surface area contributed by atoms with Crippen LogP contribution in [0.4, 0.5) is 14.4 Å². The molecule has 0 spiro atoms. The van der Waals surface area contributed by atoms with E-state index in [0.29, 0.717) is 0 Å². The summed E-state index contributed by atoms with van der Waals surface area (Å²) in [5.41, 5.74) is -2.33. The minimum absolute atomic E-state index is 0.372. The monoisotopic (exact) mass is 373 g/mol. The third kappa shape index (κ3) is 11.3. The lowest BCUT2D eigenvalue weighted by molar-refractivity contribution is 0.0390. The van der Waals surface area contributed by atoms with Gasteiger partial charge >= 0.3 is 18.3 Å². The van der Waals surface area contributed by atoms with E-state index >= 15 is 0 Å². The molecule has 0 rings (SSSR count). The van der Waals surface area contributed by atoms with Crippen molar-refractivity contribution in [3.8, 4) is 0 Å². The lowest BCUT2D eigenvalue weighted by Gasteiger charge is -2.26. The third-order valence-electron chi connectivity index (χ3n) is 2.19. The van der Waals surface area contributed by atoms with Crippen molar-refractivity contribution in [1.82, 2.24) is 10.2 Å². The fourth-order valence-electron chi connectivity index (χ4n) is 1.37. The van der Waals surface area contributed by atoms with Crippen LogP contribution in [0.15, 0.2) is 4.99 Å². The summed E-state index contributed by atoms with van der Waals surface area (Å²) in [6.45, 7) is 15.1. The van der Waals surface area contributed by atoms with E-state index in [1.165, 1.54) is 7.05 Å². The largest absolute Gasteiger partial charge is 0.444 e. The Labute approximate surface area is 155 Å². The van der Waals surface area contributed by atoms with Gasteiger partial charge in [0.15, 0.2) is 0 Å². The Bertz CT molecular complexity index is 565. The van der Waals surface area contributed by atoms with Crippen molar-refractivity contribution in [2.24, 2.45) is 4.99 Å². The third-order valence-corrected chi connectivity index (χ3v) is 2.19. The summed E-state index contributed by atoms with van der Waals surface area (Å²) in [5.74, 6) is -0.372. The number of hydrogen-bond acceptors (Lipinski definition) is 6. The Hall–Kier alpha value is -2.32. The van der Waals surface area contributed by atoms with E-state index in [-0.39, 0.29) is 5.96 Å². The molecule has 0 unspecified atom stereocenters. The number of nitrogens with zero attached hydrogens (tertiary/aromatic N) is 2. The van der Waals surface area contributed by atoms with E-state index in [0.717, 1.165) is 4.90 Å². The highest BCUT2D eigenvalue weighted by atomic mass is 16.6. The molecule has 0 heterocycles. The summed E-state index contributed by atoms with van der Waals surface area (Å²) in [5, 5.41) is 2.27. The van der Waals surface area contributed by atoms with Crippen LogP contribution in [0.3, 0.4) is 0 Å². The second kappa shape index (κ2) is 8.37. The molecule has 9 nitrogen and oxygen atoms in total. The molecular formula is C17H31N3O6. The Kier molecular flexibility index (Phi) is 7.63. The van der Waals surface area contributed by atoms with Crippen molar-refractivity contribution >= 4 is 24.2 Å².